The molecule has 3 N–H and O–H groups in total. The van der Waals surface area contributed by atoms with Crippen molar-refractivity contribution < 1.29 is 18.7 Å². The molecule has 0 aliphatic heterocycles. The second kappa shape index (κ2) is 8.72. The molecular weight excluding hydrogens is 276 g/mol. The Morgan fingerprint density at radius 3 is 2.43 bits per heavy atom. The minimum absolute atomic E-state index is 0.112. The summed E-state index contributed by atoms with van der Waals surface area (Å²) in [5.41, 5.74) is 5.57. The van der Waals surface area contributed by atoms with Gasteiger partial charge in [-0.3, -0.25) is 4.79 Å². The van der Waals surface area contributed by atoms with Gasteiger partial charge in [-0.25, -0.2) is 8.78 Å². The van der Waals surface area contributed by atoms with Crippen LogP contribution < -0.4 is 5.73 Å². The molecule has 0 saturated heterocycles. The first-order valence-corrected chi connectivity index (χ1v) is 7.35. The van der Waals surface area contributed by atoms with E-state index in [0.29, 0.717) is 19.3 Å². The van der Waals surface area contributed by atoms with E-state index in [9.17, 15) is 13.6 Å². The second-order valence-electron chi connectivity index (χ2n) is 5.37. The third-order valence-electron chi connectivity index (χ3n) is 3.93. The molecule has 0 aliphatic rings. The van der Waals surface area contributed by atoms with E-state index in [1.165, 1.54) is 18.2 Å². The van der Waals surface area contributed by atoms with Crippen molar-refractivity contribution in [2.75, 3.05) is 6.54 Å². The summed E-state index contributed by atoms with van der Waals surface area (Å²) in [6, 6.07) is 3.86. The van der Waals surface area contributed by atoms with Crippen molar-refractivity contribution >= 4 is 5.97 Å². The maximum atomic E-state index is 13.5. The van der Waals surface area contributed by atoms with E-state index < -0.39 is 23.5 Å². The molecule has 2 unspecified atom stereocenters. The fraction of sp³-hybridized carbons (Fsp3) is 0.562. The highest BCUT2D eigenvalue weighted by atomic mass is 19.1. The topological polar surface area (TPSA) is 63.3 Å². The predicted octanol–water partition coefficient (Wildman–Crippen LogP) is 3.36. The number of carboxylic acid groups (broad SMARTS) is 1. The maximum absolute atomic E-state index is 13.5. The first kappa shape index (κ1) is 17.6. The van der Waals surface area contributed by atoms with E-state index in [1.807, 2.05) is 6.92 Å². The number of hydrogen-bond acceptors (Lipinski definition) is 2. The molecule has 0 spiro atoms. The highest BCUT2D eigenvalue weighted by Gasteiger charge is 2.20. The molecule has 0 bridgehead atoms. The van der Waals surface area contributed by atoms with E-state index in [2.05, 4.69) is 0 Å². The minimum Gasteiger partial charge on any atom is -0.481 e. The highest BCUT2D eigenvalue weighted by Crippen LogP contribution is 2.23. The van der Waals surface area contributed by atoms with Crippen molar-refractivity contribution in [2.45, 2.75) is 39.0 Å². The lowest BCUT2D eigenvalue weighted by molar-refractivity contribution is -0.142. The zero-order valence-corrected chi connectivity index (χ0v) is 12.3. The number of hydrogen-bond donors (Lipinski definition) is 2. The van der Waals surface area contributed by atoms with Crippen LogP contribution in [0.2, 0.25) is 0 Å². The Morgan fingerprint density at radius 1 is 1.33 bits per heavy atom. The van der Waals surface area contributed by atoms with Gasteiger partial charge < -0.3 is 10.8 Å². The normalized spacial score (nSPS) is 13.9. The molecule has 5 heteroatoms. The van der Waals surface area contributed by atoms with Crippen molar-refractivity contribution in [2.24, 2.45) is 17.6 Å². The number of carboxylic acids is 1. The lowest BCUT2D eigenvalue weighted by atomic mass is 9.88. The first-order valence-electron chi connectivity index (χ1n) is 7.35. The molecule has 1 aromatic carbocycles. The molecule has 0 heterocycles. The van der Waals surface area contributed by atoms with Gasteiger partial charge in [-0.2, -0.15) is 0 Å². The third kappa shape index (κ3) is 5.42. The molecule has 3 nitrogen and oxygen atoms in total. The summed E-state index contributed by atoms with van der Waals surface area (Å²) in [6.45, 7) is 2.11. The monoisotopic (exact) mass is 299 g/mol. The zero-order valence-electron chi connectivity index (χ0n) is 12.3. The molecule has 21 heavy (non-hydrogen) atoms. The quantitative estimate of drug-likeness (QED) is 0.735. The van der Waals surface area contributed by atoms with Crippen LogP contribution >= 0.6 is 0 Å². The summed E-state index contributed by atoms with van der Waals surface area (Å²) in [5.74, 6) is -2.25. The number of benzene rings is 1. The molecular formula is C16H23F2NO2. The van der Waals surface area contributed by atoms with Crippen LogP contribution in [0.15, 0.2) is 18.2 Å². The molecule has 0 fully saturated rings. The molecule has 1 rings (SSSR count). The van der Waals surface area contributed by atoms with E-state index in [4.69, 9.17) is 10.8 Å². The number of nitrogens with two attached hydrogens (primary N) is 1. The van der Waals surface area contributed by atoms with Crippen LogP contribution in [0.25, 0.3) is 0 Å². The molecule has 0 radical (unpaired) electrons. The summed E-state index contributed by atoms with van der Waals surface area (Å²) >= 11 is 0. The average molecular weight is 299 g/mol. The zero-order chi connectivity index (χ0) is 15.8. The summed E-state index contributed by atoms with van der Waals surface area (Å²) in [4.78, 5) is 11.0. The van der Waals surface area contributed by atoms with Crippen LogP contribution in [0.4, 0.5) is 8.78 Å². The number of halogens is 2. The molecule has 1 aromatic rings. The van der Waals surface area contributed by atoms with E-state index in [-0.39, 0.29) is 18.0 Å². The maximum Gasteiger partial charge on any atom is 0.307 e. The Balaban J connectivity index is 2.50. The Hall–Kier alpha value is -1.49. The minimum atomic E-state index is -0.879. The summed E-state index contributed by atoms with van der Waals surface area (Å²) in [5, 5.41) is 9.01. The Bertz CT molecular complexity index is 445. The highest BCUT2D eigenvalue weighted by molar-refractivity contribution is 5.70. The SMILES string of the molecule is CCC(CCCc1c(F)cccc1F)CC(CN)C(=O)O. The third-order valence-corrected chi connectivity index (χ3v) is 3.93. The van der Waals surface area contributed by atoms with Gasteiger partial charge in [-0.05, 0) is 37.3 Å². The van der Waals surface area contributed by atoms with Crippen molar-refractivity contribution in [3.8, 4) is 0 Å². The van der Waals surface area contributed by atoms with Gasteiger partial charge in [0.2, 0.25) is 0 Å². The van der Waals surface area contributed by atoms with Crippen molar-refractivity contribution in [1.82, 2.24) is 0 Å². The standard InChI is InChI=1S/C16H23F2NO2/c1-2-11(9-12(10-19)16(20)21)5-3-6-13-14(17)7-4-8-15(13)18/h4,7-8,11-12H,2-3,5-6,9-10,19H2,1H3,(H,20,21). The van der Waals surface area contributed by atoms with Crippen LogP contribution in [0.3, 0.4) is 0 Å². The molecule has 0 aromatic heterocycles. The predicted molar refractivity (Wildman–Crippen MR) is 77.9 cm³/mol. The Labute approximate surface area is 124 Å². The van der Waals surface area contributed by atoms with Gasteiger partial charge >= 0.3 is 5.97 Å². The molecule has 0 aliphatic carbocycles. The van der Waals surface area contributed by atoms with Crippen molar-refractivity contribution in [3.05, 3.63) is 35.4 Å². The van der Waals surface area contributed by atoms with Crippen LogP contribution in [-0.4, -0.2) is 17.6 Å². The Morgan fingerprint density at radius 2 is 1.95 bits per heavy atom. The van der Waals surface area contributed by atoms with Crippen molar-refractivity contribution in [1.29, 1.82) is 0 Å². The van der Waals surface area contributed by atoms with Crippen LogP contribution in [-0.2, 0) is 11.2 Å². The molecule has 118 valence electrons. The second-order valence-corrected chi connectivity index (χ2v) is 5.37. The van der Waals surface area contributed by atoms with E-state index in [1.54, 1.807) is 0 Å². The van der Waals surface area contributed by atoms with Gasteiger partial charge in [0.05, 0.1) is 5.92 Å². The van der Waals surface area contributed by atoms with Crippen LogP contribution in [0.1, 0.15) is 38.2 Å². The van der Waals surface area contributed by atoms with Gasteiger partial charge in [-0.1, -0.05) is 25.8 Å². The molecule has 0 saturated carbocycles. The number of rotatable bonds is 9. The summed E-state index contributed by atoms with van der Waals surface area (Å²) in [6.07, 6.45) is 3.06. The Kier molecular flexibility index (Phi) is 7.29. The average Bonchev–Trinajstić information content (AvgIpc) is 2.45. The molecule has 0 amide bonds. The van der Waals surface area contributed by atoms with Gasteiger partial charge in [0.25, 0.3) is 0 Å². The number of carbonyl (C=O) groups is 1. The van der Waals surface area contributed by atoms with E-state index >= 15 is 0 Å². The van der Waals surface area contributed by atoms with Crippen molar-refractivity contribution in [3.63, 3.8) is 0 Å². The van der Waals surface area contributed by atoms with Gasteiger partial charge in [0.1, 0.15) is 11.6 Å². The lowest BCUT2D eigenvalue weighted by Gasteiger charge is -2.18. The summed E-state index contributed by atoms with van der Waals surface area (Å²) < 4.78 is 27.0. The van der Waals surface area contributed by atoms with Gasteiger partial charge in [0.15, 0.2) is 0 Å². The number of aliphatic carboxylic acids is 1. The first-order chi connectivity index (χ1) is 9.99. The smallest absolute Gasteiger partial charge is 0.307 e. The summed E-state index contributed by atoms with van der Waals surface area (Å²) in [7, 11) is 0. The van der Waals surface area contributed by atoms with Gasteiger partial charge in [-0.15, -0.1) is 0 Å². The fourth-order valence-electron chi connectivity index (χ4n) is 2.53. The van der Waals surface area contributed by atoms with Crippen LogP contribution in [0, 0.1) is 23.5 Å². The van der Waals surface area contributed by atoms with Crippen LogP contribution in [0.5, 0.6) is 0 Å². The van der Waals surface area contributed by atoms with E-state index in [0.717, 1.165) is 12.8 Å². The molecule has 2 atom stereocenters. The largest absolute Gasteiger partial charge is 0.481 e. The lowest BCUT2D eigenvalue weighted by Crippen LogP contribution is -2.25. The fourth-order valence-corrected chi connectivity index (χ4v) is 2.53. The van der Waals surface area contributed by atoms with Gasteiger partial charge in [0, 0.05) is 12.1 Å².